The number of pyridine rings is 1. The summed E-state index contributed by atoms with van der Waals surface area (Å²) in [6, 6.07) is 3.97. The summed E-state index contributed by atoms with van der Waals surface area (Å²) < 4.78 is 0. The largest absolute Gasteiger partial charge is 0.382 e. The van der Waals surface area contributed by atoms with Crippen molar-refractivity contribution < 1.29 is 0 Å². The first-order chi connectivity index (χ1) is 9.27. The van der Waals surface area contributed by atoms with E-state index in [0.29, 0.717) is 11.7 Å². The van der Waals surface area contributed by atoms with Crippen LogP contribution in [0.5, 0.6) is 0 Å². The van der Waals surface area contributed by atoms with Crippen molar-refractivity contribution in [2.75, 3.05) is 5.73 Å². The molecule has 2 aromatic rings. The van der Waals surface area contributed by atoms with Crippen LogP contribution in [-0.4, -0.2) is 15.2 Å². The van der Waals surface area contributed by atoms with Crippen LogP contribution in [-0.2, 0) is 0 Å². The van der Waals surface area contributed by atoms with E-state index >= 15 is 0 Å². The first-order valence-electron chi connectivity index (χ1n) is 7.02. The smallest absolute Gasteiger partial charge is 0.153 e. The summed E-state index contributed by atoms with van der Waals surface area (Å²) in [6.07, 6.45) is 8.26. The van der Waals surface area contributed by atoms with Crippen LogP contribution in [0.4, 0.5) is 5.82 Å². The number of nitrogens with two attached hydrogens (primary N) is 1. The third-order valence-corrected chi connectivity index (χ3v) is 3.46. The van der Waals surface area contributed by atoms with Crippen molar-refractivity contribution >= 4 is 5.82 Å². The third kappa shape index (κ3) is 2.95. The van der Waals surface area contributed by atoms with Crippen molar-refractivity contribution in [1.29, 1.82) is 0 Å². The van der Waals surface area contributed by atoms with Gasteiger partial charge in [0.25, 0.3) is 0 Å². The minimum atomic E-state index is 0.495. The SMILES string of the molecule is CCCC(CCC)c1[nH]nc(N)c1-c1cccnc1. The van der Waals surface area contributed by atoms with E-state index in [1.54, 1.807) is 6.20 Å². The van der Waals surface area contributed by atoms with Crippen molar-refractivity contribution in [2.24, 2.45) is 0 Å². The first-order valence-corrected chi connectivity index (χ1v) is 7.02. The van der Waals surface area contributed by atoms with Crippen LogP contribution in [0.2, 0.25) is 0 Å². The molecular formula is C15H22N4. The Morgan fingerprint density at radius 3 is 2.58 bits per heavy atom. The van der Waals surface area contributed by atoms with Crippen molar-refractivity contribution in [1.82, 2.24) is 15.2 Å². The van der Waals surface area contributed by atoms with Gasteiger partial charge in [0.1, 0.15) is 0 Å². The van der Waals surface area contributed by atoms with Gasteiger partial charge in [-0.25, -0.2) is 0 Å². The summed E-state index contributed by atoms with van der Waals surface area (Å²) >= 11 is 0. The number of nitrogens with one attached hydrogen (secondary N) is 1. The molecule has 0 fully saturated rings. The zero-order chi connectivity index (χ0) is 13.7. The third-order valence-electron chi connectivity index (χ3n) is 3.46. The maximum atomic E-state index is 6.03. The van der Waals surface area contributed by atoms with E-state index in [-0.39, 0.29) is 0 Å². The number of nitrogen functional groups attached to an aromatic ring is 1. The highest BCUT2D eigenvalue weighted by molar-refractivity contribution is 5.76. The van der Waals surface area contributed by atoms with E-state index in [1.165, 1.54) is 0 Å². The van der Waals surface area contributed by atoms with Crippen LogP contribution in [0, 0.1) is 0 Å². The van der Waals surface area contributed by atoms with E-state index in [9.17, 15) is 0 Å². The second-order valence-corrected chi connectivity index (χ2v) is 4.91. The normalized spacial score (nSPS) is 11.1. The number of nitrogens with zero attached hydrogens (tertiary/aromatic N) is 2. The van der Waals surface area contributed by atoms with Gasteiger partial charge in [-0.05, 0) is 18.9 Å². The zero-order valence-corrected chi connectivity index (χ0v) is 11.7. The second-order valence-electron chi connectivity index (χ2n) is 4.91. The lowest BCUT2D eigenvalue weighted by atomic mass is 9.90. The Labute approximate surface area is 114 Å². The lowest BCUT2D eigenvalue weighted by molar-refractivity contribution is 0.548. The van der Waals surface area contributed by atoms with Crippen LogP contribution in [0.1, 0.15) is 51.1 Å². The molecule has 0 aliphatic heterocycles. The van der Waals surface area contributed by atoms with Gasteiger partial charge in [0, 0.05) is 35.1 Å². The minimum absolute atomic E-state index is 0.495. The number of rotatable bonds is 6. The molecule has 2 heterocycles. The summed E-state index contributed by atoms with van der Waals surface area (Å²) in [7, 11) is 0. The average Bonchev–Trinajstić information content (AvgIpc) is 2.81. The highest BCUT2D eigenvalue weighted by Crippen LogP contribution is 2.35. The molecular weight excluding hydrogens is 236 g/mol. The molecule has 3 N–H and O–H groups in total. The second kappa shape index (κ2) is 6.36. The molecule has 2 rings (SSSR count). The van der Waals surface area contributed by atoms with Gasteiger partial charge in [-0.2, -0.15) is 5.10 Å². The van der Waals surface area contributed by atoms with Gasteiger partial charge in [-0.1, -0.05) is 32.8 Å². The van der Waals surface area contributed by atoms with Crippen molar-refractivity contribution in [3.8, 4) is 11.1 Å². The number of aromatic amines is 1. The molecule has 0 spiro atoms. The van der Waals surface area contributed by atoms with E-state index in [1.807, 2.05) is 18.3 Å². The molecule has 0 atom stereocenters. The molecule has 4 heteroatoms. The summed E-state index contributed by atoms with van der Waals surface area (Å²) in [6.45, 7) is 4.43. The Kier molecular flexibility index (Phi) is 4.55. The van der Waals surface area contributed by atoms with Gasteiger partial charge in [0.2, 0.25) is 0 Å². The highest BCUT2D eigenvalue weighted by atomic mass is 15.2. The Morgan fingerprint density at radius 1 is 1.26 bits per heavy atom. The number of anilines is 1. The van der Waals surface area contributed by atoms with Crippen LogP contribution in [0.25, 0.3) is 11.1 Å². The fraction of sp³-hybridized carbons (Fsp3) is 0.467. The van der Waals surface area contributed by atoms with Gasteiger partial charge in [-0.15, -0.1) is 0 Å². The Balaban J connectivity index is 2.41. The summed E-state index contributed by atoms with van der Waals surface area (Å²) in [4.78, 5) is 4.18. The summed E-state index contributed by atoms with van der Waals surface area (Å²) in [5.74, 6) is 1.07. The molecule has 0 saturated carbocycles. The molecule has 19 heavy (non-hydrogen) atoms. The molecule has 0 radical (unpaired) electrons. The van der Waals surface area contributed by atoms with Crippen LogP contribution in [0.3, 0.4) is 0 Å². The molecule has 0 amide bonds. The standard InChI is InChI=1S/C15H22N4/c1-3-6-11(7-4-2)14-13(15(16)19-18-14)12-8-5-9-17-10-12/h5,8-11H,3-4,6-7H2,1-2H3,(H3,16,18,19). The lowest BCUT2D eigenvalue weighted by Gasteiger charge is -2.15. The van der Waals surface area contributed by atoms with E-state index in [0.717, 1.165) is 42.5 Å². The molecule has 0 aromatic carbocycles. The van der Waals surface area contributed by atoms with Crippen LogP contribution in [0.15, 0.2) is 24.5 Å². The van der Waals surface area contributed by atoms with Gasteiger partial charge < -0.3 is 5.73 Å². The number of aromatic nitrogens is 3. The molecule has 2 aromatic heterocycles. The fourth-order valence-corrected chi connectivity index (χ4v) is 2.61. The summed E-state index contributed by atoms with van der Waals surface area (Å²) in [5.41, 5.74) is 9.26. The molecule has 0 unspecified atom stereocenters. The minimum Gasteiger partial charge on any atom is -0.382 e. The fourth-order valence-electron chi connectivity index (χ4n) is 2.61. The van der Waals surface area contributed by atoms with E-state index in [2.05, 4.69) is 29.0 Å². The first kappa shape index (κ1) is 13.6. The van der Waals surface area contributed by atoms with E-state index in [4.69, 9.17) is 5.73 Å². The Hall–Kier alpha value is -1.84. The monoisotopic (exact) mass is 258 g/mol. The average molecular weight is 258 g/mol. The molecule has 0 aliphatic rings. The molecule has 102 valence electrons. The predicted octanol–water partition coefficient (Wildman–Crippen LogP) is 3.74. The zero-order valence-electron chi connectivity index (χ0n) is 11.7. The number of hydrogen-bond donors (Lipinski definition) is 2. The Bertz CT molecular complexity index is 498. The summed E-state index contributed by atoms with van der Waals surface area (Å²) in [5, 5.41) is 7.34. The molecule has 0 aliphatic carbocycles. The van der Waals surface area contributed by atoms with Crippen molar-refractivity contribution in [2.45, 2.75) is 45.4 Å². The van der Waals surface area contributed by atoms with Crippen LogP contribution < -0.4 is 5.73 Å². The van der Waals surface area contributed by atoms with Crippen LogP contribution >= 0.6 is 0 Å². The van der Waals surface area contributed by atoms with Crippen molar-refractivity contribution in [3.63, 3.8) is 0 Å². The number of H-pyrrole nitrogens is 1. The lowest BCUT2D eigenvalue weighted by Crippen LogP contribution is -2.01. The van der Waals surface area contributed by atoms with Gasteiger partial charge in [0.05, 0.1) is 0 Å². The van der Waals surface area contributed by atoms with Crippen molar-refractivity contribution in [3.05, 3.63) is 30.2 Å². The van der Waals surface area contributed by atoms with E-state index < -0.39 is 0 Å². The maximum absolute atomic E-state index is 6.03. The van der Waals surface area contributed by atoms with Gasteiger partial charge >= 0.3 is 0 Å². The topological polar surface area (TPSA) is 67.6 Å². The molecule has 4 nitrogen and oxygen atoms in total. The maximum Gasteiger partial charge on any atom is 0.153 e. The highest BCUT2D eigenvalue weighted by Gasteiger charge is 2.20. The molecule has 0 saturated heterocycles. The van der Waals surface area contributed by atoms with Gasteiger partial charge in [-0.3, -0.25) is 10.1 Å². The quantitative estimate of drug-likeness (QED) is 0.829. The molecule has 0 bridgehead atoms. The number of hydrogen-bond acceptors (Lipinski definition) is 3. The van der Waals surface area contributed by atoms with Gasteiger partial charge in [0.15, 0.2) is 5.82 Å². The predicted molar refractivity (Wildman–Crippen MR) is 78.8 cm³/mol. The Morgan fingerprint density at radius 2 is 2.00 bits per heavy atom.